The van der Waals surface area contributed by atoms with E-state index in [2.05, 4.69) is 31.2 Å². The van der Waals surface area contributed by atoms with Crippen molar-refractivity contribution in [3.05, 3.63) is 100 Å². The highest BCUT2D eigenvalue weighted by atomic mass is 19.3. The van der Waals surface area contributed by atoms with E-state index in [4.69, 9.17) is 4.42 Å². The predicted molar refractivity (Wildman–Crippen MR) is 177 cm³/mol. The van der Waals surface area contributed by atoms with E-state index < -0.39 is 6.43 Å². The number of nitrogens with zero attached hydrogens (tertiary/aromatic N) is 5. The van der Waals surface area contributed by atoms with Crippen molar-refractivity contribution < 1.29 is 18.0 Å². The predicted octanol–water partition coefficient (Wildman–Crippen LogP) is 8.68. The van der Waals surface area contributed by atoms with Crippen LogP contribution in [0.2, 0.25) is 0 Å². The van der Waals surface area contributed by atoms with Crippen molar-refractivity contribution in [2.45, 2.75) is 39.7 Å². The van der Waals surface area contributed by atoms with Crippen LogP contribution in [-0.4, -0.2) is 39.2 Å². The Morgan fingerprint density at radius 2 is 1.74 bits per heavy atom. The third-order valence-corrected chi connectivity index (χ3v) is 8.78. The van der Waals surface area contributed by atoms with Crippen LogP contribution in [0.5, 0.6) is 0 Å². The summed E-state index contributed by atoms with van der Waals surface area (Å²) in [6, 6.07) is 20.1. The molecule has 6 aromatic rings. The van der Waals surface area contributed by atoms with Gasteiger partial charge in [0.1, 0.15) is 29.1 Å². The Morgan fingerprint density at radius 3 is 2.49 bits per heavy atom. The van der Waals surface area contributed by atoms with Crippen molar-refractivity contribution in [2.24, 2.45) is 0 Å². The lowest BCUT2D eigenvalue weighted by molar-refractivity contribution is 0.112. The Labute approximate surface area is 269 Å². The summed E-state index contributed by atoms with van der Waals surface area (Å²) >= 11 is 0. The summed E-state index contributed by atoms with van der Waals surface area (Å²) in [4.78, 5) is 27.3. The highest BCUT2D eigenvalue weighted by Gasteiger charge is 2.20. The van der Waals surface area contributed by atoms with Gasteiger partial charge in [0.25, 0.3) is 6.43 Å². The van der Waals surface area contributed by atoms with Gasteiger partial charge in [-0.15, -0.1) is 0 Å². The fourth-order valence-electron chi connectivity index (χ4n) is 6.36. The number of oxazole rings is 1. The van der Waals surface area contributed by atoms with Crippen LogP contribution in [0.25, 0.3) is 44.6 Å². The molecule has 1 saturated heterocycles. The van der Waals surface area contributed by atoms with Gasteiger partial charge in [-0.2, -0.15) is 5.26 Å². The van der Waals surface area contributed by atoms with Gasteiger partial charge < -0.3 is 9.73 Å². The maximum atomic E-state index is 14.0. The van der Waals surface area contributed by atoms with Gasteiger partial charge in [-0.3, -0.25) is 14.7 Å². The molecule has 10 heteroatoms. The van der Waals surface area contributed by atoms with E-state index >= 15 is 0 Å². The summed E-state index contributed by atoms with van der Waals surface area (Å²) in [6.07, 6.45) is 2.08. The molecule has 1 aliphatic heterocycles. The molecule has 3 aromatic heterocycles. The van der Waals surface area contributed by atoms with Gasteiger partial charge in [-0.05, 0) is 104 Å². The summed E-state index contributed by atoms with van der Waals surface area (Å²) in [5, 5.41) is 13.5. The quantitative estimate of drug-likeness (QED) is 0.167. The van der Waals surface area contributed by atoms with Crippen molar-refractivity contribution >= 4 is 39.8 Å². The molecule has 0 atom stereocenters. The first-order chi connectivity index (χ1) is 22.8. The van der Waals surface area contributed by atoms with Gasteiger partial charge in [-0.25, -0.2) is 18.7 Å². The summed E-state index contributed by atoms with van der Waals surface area (Å²) in [7, 11) is 0. The number of hydrogen-bond donors (Lipinski definition) is 1. The second kappa shape index (κ2) is 12.3. The van der Waals surface area contributed by atoms with Crippen molar-refractivity contribution in [3.8, 4) is 28.7 Å². The summed E-state index contributed by atoms with van der Waals surface area (Å²) in [5.41, 5.74) is 7.58. The van der Waals surface area contributed by atoms with Crippen LogP contribution >= 0.6 is 0 Å². The maximum absolute atomic E-state index is 14.0. The molecule has 47 heavy (non-hydrogen) atoms. The minimum absolute atomic E-state index is 0.237. The number of hydrogen-bond acceptors (Lipinski definition) is 8. The zero-order valence-corrected chi connectivity index (χ0v) is 25.8. The summed E-state index contributed by atoms with van der Waals surface area (Å²) in [6.45, 7) is 6.72. The number of carbonyl (C=O) groups is 1. The number of carbonyl (C=O) groups excluding carboxylic acids is 1. The number of rotatable bonds is 8. The third-order valence-electron chi connectivity index (χ3n) is 8.78. The second-order valence-electron chi connectivity index (χ2n) is 11.8. The lowest BCUT2D eigenvalue weighted by Gasteiger charge is -2.18. The highest BCUT2D eigenvalue weighted by molar-refractivity contribution is 5.92. The number of anilines is 2. The molecule has 4 heterocycles. The number of aromatic nitrogens is 3. The summed E-state index contributed by atoms with van der Waals surface area (Å²) < 4.78 is 34.1. The molecule has 0 aliphatic carbocycles. The van der Waals surface area contributed by atoms with E-state index in [-0.39, 0.29) is 17.1 Å². The first kappa shape index (κ1) is 30.1. The minimum Gasteiger partial charge on any atom is -0.435 e. The molecular formula is C37H30F2N6O2. The molecule has 1 fully saturated rings. The number of halogens is 2. The van der Waals surface area contributed by atoms with Gasteiger partial charge in [0.15, 0.2) is 11.4 Å². The topological polar surface area (TPSA) is 108 Å². The van der Waals surface area contributed by atoms with Gasteiger partial charge in [-0.1, -0.05) is 24.3 Å². The van der Waals surface area contributed by atoms with Crippen LogP contribution in [0.4, 0.5) is 20.3 Å². The zero-order valence-electron chi connectivity index (χ0n) is 25.8. The number of nitriles is 1. The fourth-order valence-corrected chi connectivity index (χ4v) is 6.36. The lowest BCUT2D eigenvalue weighted by Crippen LogP contribution is -2.18. The first-order valence-corrected chi connectivity index (χ1v) is 15.4. The van der Waals surface area contributed by atoms with E-state index in [1.54, 1.807) is 12.3 Å². The van der Waals surface area contributed by atoms with Crippen LogP contribution in [0.15, 0.2) is 71.3 Å². The molecule has 0 saturated carbocycles. The number of benzene rings is 3. The Bertz CT molecular complexity index is 2220. The zero-order chi connectivity index (χ0) is 32.7. The van der Waals surface area contributed by atoms with E-state index in [0.29, 0.717) is 45.4 Å². The molecule has 234 valence electrons. The maximum Gasteiger partial charge on any atom is 0.280 e. The summed E-state index contributed by atoms with van der Waals surface area (Å²) in [5.74, 6) is 0.603. The van der Waals surface area contributed by atoms with E-state index in [0.717, 1.165) is 53.0 Å². The molecule has 0 spiro atoms. The average Bonchev–Trinajstić information content (AvgIpc) is 3.75. The molecule has 0 amide bonds. The molecule has 7 rings (SSSR count). The minimum atomic E-state index is -2.74. The number of alkyl halides is 2. The SMILES string of the molecule is Cc1c(Nc2nc(C(F)F)cc3cc(CN4CCCC4)cnc23)cccc1-c1cccc(-c2nc3cc(C=O)cc(C#N)c3o2)c1C. The Morgan fingerprint density at radius 1 is 1.00 bits per heavy atom. The van der Waals surface area contributed by atoms with Gasteiger partial charge in [0.2, 0.25) is 5.89 Å². The van der Waals surface area contributed by atoms with Gasteiger partial charge in [0, 0.05) is 34.9 Å². The second-order valence-corrected chi connectivity index (χ2v) is 11.8. The van der Waals surface area contributed by atoms with Gasteiger partial charge in [0.05, 0.1) is 5.56 Å². The van der Waals surface area contributed by atoms with Crippen molar-refractivity contribution in [2.75, 3.05) is 18.4 Å². The molecule has 3 aromatic carbocycles. The molecule has 0 bridgehead atoms. The molecular weight excluding hydrogens is 598 g/mol. The van der Waals surface area contributed by atoms with Gasteiger partial charge >= 0.3 is 0 Å². The Kier molecular flexibility index (Phi) is 7.92. The molecule has 8 nitrogen and oxygen atoms in total. The average molecular weight is 629 g/mol. The fraction of sp³-hybridized carbons (Fsp3) is 0.216. The number of fused-ring (bicyclic) bond motifs is 2. The molecule has 1 N–H and O–H groups in total. The van der Waals surface area contributed by atoms with E-state index in [1.165, 1.54) is 25.0 Å². The van der Waals surface area contributed by atoms with Crippen LogP contribution in [0.3, 0.4) is 0 Å². The number of nitrogens with one attached hydrogen (secondary N) is 1. The lowest BCUT2D eigenvalue weighted by atomic mass is 9.93. The number of aldehydes is 1. The third kappa shape index (κ3) is 5.70. The smallest absolute Gasteiger partial charge is 0.280 e. The monoisotopic (exact) mass is 628 g/mol. The van der Waals surface area contributed by atoms with Crippen LogP contribution in [-0.2, 0) is 6.54 Å². The van der Waals surface area contributed by atoms with Crippen molar-refractivity contribution in [3.63, 3.8) is 0 Å². The normalized spacial score (nSPS) is 13.4. The standard InChI is InChI=1S/C37H30F2N6O2/c1-21-27(7-5-9-29(21)37-44-31-15-23(20-46)13-26(17-40)34(31)47-37)28-8-6-10-30(22(28)2)42-36-33-25(16-32(43-36)35(38)39)14-24(18-41-33)19-45-11-3-4-12-45/h5-10,13-16,18,20,35H,3-4,11-12,19H2,1-2H3,(H,42,43). The number of likely N-dealkylation sites (tertiary alicyclic amines) is 1. The van der Waals surface area contributed by atoms with Crippen molar-refractivity contribution in [1.29, 1.82) is 5.26 Å². The van der Waals surface area contributed by atoms with Crippen LogP contribution < -0.4 is 5.32 Å². The van der Waals surface area contributed by atoms with Crippen LogP contribution in [0, 0.1) is 25.2 Å². The molecule has 0 radical (unpaired) electrons. The van der Waals surface area contributed by atoms with E-state index in [1.807, 2.05) is 56.3 Å². The molecule has 1 aliphatic rings. The van der Waals surface area contributed by atoms with E-state index in [9.17, 15) is 18.8 Å². The van der Waals surface area contributed by atoms with Crippen LogP contribution in [0.1, 0.15) is 57.6 Å². The van der Waals surface area contributed by atoms with Crippen molar-refractivity contribution in [1.82, 2.24) is 19.9 Å². The number of pyridine rings is 2. The first-order valence-electron chi connectivity index (χ1n) is 15.4. The Hall–Kier alpha value is -5.53. The Balaban J connectivity index is 1.26. The highest BCUT2D eigenvalue weighted by Crippen LogP contribution is 2.38. The molecule has 0 unspecified atom stereocenters. The largest absolute Gasteiger partial charge is 0.435 e.